The van der Waals surface area contributed by atoms with E-state index in [4.69, 9.17) is 0 Å². The zero-order valence-corrected chi connectivity index (χ0v) is 12.7. The molecule has 14 heavy (non-hydrogen) atoms. The van der Waals surface area contributed by atoms with E-state index in [0.717, 1.165) is 0 Å². The van der Waals surface area contributed by atoms with Crippen LogP contribution in [0.1, 0.15) is 11.1 Å². The van der Waals surface area contributed by atoms with Gasteiger partial charge in [0.1, 0.15) is 0 Å². The molecule has 0 aromatic carbocycles. The molecule has 2 heterocycles. The fourth-order valence-corrected chi connectivity index (χ4v) is 2.91. The molecule has 0 radical (unpaired) electrons. The monoisotopic (exact) mass is 352 g/mol. The van der Waals surface area contributed by atoms with Gasteiger partial charge in [-0.3, -0.25) is 0 Å². The molecule has 0 aliphatic heterocycles. The van der Waals surface area contributed by atoms with Gasteiger partial charge in [-0.2, -0.15) is 0 Å². The minimum absolute atomic E-state index is 1.24. The maximum Gasteiger partial charge on any atom is 0.0727 e. The van der Waals surface area contributed by atoms with Crippen LogP contribution in [0.25, 0.3) is 0 Å². The number of thiophene rings is 2. The first-order valence-corrected chi connectivity index (χ1v) is 7.35. The van der Waals surface area contributed by atoms with Crippen molar-refractivity contribution in [2.24, 2.45) is 0 Å². The molecule has 2 rings (SSSR count). The summed E-state index contributed by atoms with van der Waals surface area (Å²) in [6, 6.07) is 4.18. The molecule has 0 N–H and O–H groups in total. The van der Waals surface area contributed by atoms with Crippen molar-refractivity contribution < 1.29 is 0 Å². The summed E-state index contributed by atoms with van der Waals surface area (Å²) in [6.45, 7) is 4.17. The van der Waals surface area contributed by atoms with E-state index in [-0.39, 0.29) is 0 Å². The normalized spacial score (nSPS) is 9.43. The SMILES string of the molecule is Cc1ccsc1Br.Cc1ccsc1Br. The lowest BCUT2D eigenvalue weighted by Crippen LogP contribution is -1.55. The van der Waals surface area contributed by atoms with Gasteiger partial charge in [0.15, 0.2) is 0 Å². The maximum atomic E-state index is 3.38. The predicted octanol–water partition coefficient (Wildman–Crippen LogP) is 5.64. The highest BCUT2D eigenvalue weighted by Gasteiger charge is 1.89. The van der Waals surface area contributed by atoms with Gasteiger partial charge in [0.25, 0.3) is 0 Å². The Balaban J connectivity index is 0.000000140. The topological polar surface area (TPSA) is 0 Å². The van der Waals surface area contributed by atoms with Gasteiger partial charge in [0.2, 0.25) is 0 Å². The summed E-state index contributed by atoms with van der Waals surface area (Å²) in [5, 5.41) is 4.14. The van der Waals surface area contributed by atoms with Gasteiger partial charge in [-0.1, -0.05) is 0 Å². The number of aryl methyl sites for hydroxylation is 2. The van der Waals surface area contributed by atoms with Crippen LogP contribution in [0, 0.1) is 13.8 Å². The van der Waals surface area contributed by atoms with Crippen molar-refractivity contribution in [3.05, 3.63) is 41.6 Å². The molecule has 0 saturated heterocycles. The molecule has 0 aliphatic carbocycles. The standard InChI is InChI=1S/2C5H5BrS/c2*1-4-2-3-7-5(4)6/h2*2-3H,1H3. The largest absolute Gasteiger partial charge is 0.137 e. The van der Waals surface area contributed by atoms with Gasteiger partial charge in [0.05, 0.1) is 7.57 Å². The Morgan fingerprint density at radius 1 is 0.857 bits per heavy atom. The lowest BCUT2D eigenvalue weighted by molar-refractivity contribution is 1.53. The van der Waals surface area contributed by atoms with Gasteiger partial charge in [-0.05, 0) is 79.7 Å². The van der Waals surface area contributed by atoms with E-state index in [1.54, 1.807) is 22.7 Å². The lowest BCUT2D eigenvalue weighted by Gasteiger charge is -1.77. The quantitative estimate of drug-likeness (QED) is 0.575. The van der Waals surface area contributed by atoms with Crippen LogP contribution in [0.15, 0.2) is 30.5 Å². The molecule has 2 aromatic heterocycles. The Morgan fingerprint density at radius 2 is 1.21 bits per heavy atom. The number of halogens is 2. The molecule has 0 saturated carbocycles. The molecular formula is C10H10Br2S2. The zero-order chi connectivity index (χ0) is 10.6. The third-order valence-electron chi connectivity index (χ3n) is 1.60. The van der Waals surface area contributed by atoms with Crippen molar-refractivity contribution in [3.8, 4) is 0 Å². The number of hydrogen-bond acceptors (Lipinski definition) is 2. The van der Waals surface area contributed by atoms with Crippen molar-refractivity contribution in [1.82, 2.24) is 0 Å². The Kier molecular flexibility index (Phi) is 5.38. The Morgan fingerprint density at radius 3 is 1.29 bits per heavy atom. The molecular weight excluding hydrogens is 344 g/mol. The number of rotatable bonds is 0. The van der Waals surface area contributed by atoms with Crippen molar-refractivity contribution in [1.29, 1.82) is 0 Å². The first kappa shape index (κ1) is 12.4. The highest BCUT2D eigenvalue weighted by molar-refractivity contribution is 9.11. The summed E-state index contributed by atoms with van der Waals surface area (Å²) in [7, 11) is 0. The Bertz CT molecular complexity index is 319. The van der Waals surface area contributed by atoms with Gasteiger partial charge in [-0.25, -0.2) is 0 Å². The van der Waals surface area contributed by atoms with E-state index < -0.39 is 0 Å². The molecule has 0 spiro atoms. The van der Waals surface area contributed by atoms with E-state index in [0.29, 0.717) is 0 Å². The molecule has 0 amide bonds. The van der Waals surface area contributed by atoms with Crippen LogP contribution in [-0.2, 0) is 0 Å². The molecule has 0 fully saturated rings. The van der Waals surface area contributed by atoms with Crippen LogP contribution in [0.4, 0.5) is 0 Å². The smallest absolute Gasteiger partial charge is 0.0727 e. The summed E-state index contributed by atoms with van der Waals surface area (Å²) in [4.78, 5) is 0. The third-order valence-corrected chi connectivity index (χ3v) is 5.57. The van der Waals surface area contributed by atoms with Crippen LogP contribution < -0.4 is 0 Å². The molecule has 0 bridgehead atoms. The van der Waals surface area contributed by atoms with Crippen LogP contribution in [0.2, 0.25) is 0 Å². The molecule has 4 heteroatoms. The second kappa shape index (κ2) is 6.05. The van der Waals surface area contributed by atoms with Crippen molar-refractivity contribution >= 4 is 54.5 Å². The zero-order valence-electron chi connectivity index (χ0n) is 7.88. The fourth-order valence-electron chi connectivity index (χ4n) is 0.709. The van der Waals surface area contributed by atoms with Crippen molar-refractivity contribution in [2.45, 2.75) is 13.8 Å². The minimum atomic E-state index is 1.24. The van der Waals surface area contributed by atoms with Crippen LogP contribution >= 0.6 is 54.5 Å². The van der Waals surface area contributed by atoms with E-state index >= 15 is 0 Å². The van der Waals surface area contributed by atoms with E-state index in [1.807, 2.05) is 0 Å². The maximum absolute atomic E-state index is 3.38. The minimum Gasteiger partial charge on any atom is -0.137 e. The lowest BCUT2D eigenvalue weighted by atomic mass is 10.4. The molecule has 2 aromatic rings. The fraction of sp³-hybridized carbons (Fsp3) is 0.200. The molecule has 0 unspecified atom stereocenters. The Labute approximate surface area is 109 Å². The third kappa shape index (κ3) is 3.85. The van der Waals surface area contributed by atoms with Gasteiger partial charge < -0.3 is 0 Å². The first-order chi connectivity index (χ1) is 6.61. The second-order valence-corrected chi connectivity index (χ2v) is 7.22. The number of hydrogen-bond donors (Lipinski definition) is 0. The van der Waals surface area contributed by atoms with Gasteiger partial charge >= 0.3 is 0 Å². The molecule has 0 atom stereocenters. The van der Waals surface area contributed by atoms with E-state index in [9.17, 15) is 0 Å². The van der Waals surface area contributed by atoms with Crippen LogP contribution in [0.3, 0.4) is 0 Å². The summed E-state index contributed by atoms with van der Waals surface area (Å²) in [6.07, 6.45) is 0. The highest BCUT2D eigenvalue weighted by Crippen LogP contribution is 2.22. The average Bonchev–Trinajstić information content (AvgIpc) is 2.67. The molecule has 0 nitrogen and oxygen atoms in total. The summed E-state index contributed by atoms with van der Waals surface area (Å²) >= 11 is 10.2. The molecule has 76 valence electrons. The highest BCUT2D eigenvalue weighted by atomic mass is 79.9. The van der Waals surface area contributed by atoms with Crippen LogP contribution in [-0.4, -0.2) is 0 Å². The summed E-state index contributed by atoms with van der Waals surface area (Å²) in [5.74, 6) is 0. The van der Waals surface area contributed by atoms with Gasteiger partial charge in [-0.15, -0.1) is 22.7 Å². The summed E-state index contributed by atoms with van der Waals surface area (Å²) < 4.78 is 2.49. The first-order valence-electron chi connectivity index (χ1n) is 4.00. The Hall–Kier alpha value is 0.360. The average molecular weight is 354 g/mol. The second-order valence-electron chi connectivity index (χ2n) is 2.75. The van der Waals surface area contributed by atoms with Crippen molar-refractivity contribution in [3.63, 3.8) is 0 Å². The van der Waals surface area contributed by atoms with Crippen molar-refractivity contribution in [2.75, 3.05) is 0 Å². The van der Waals surface area contributed by atoms with E-state index in [1.165, 1.54) is 18.7 Å². The van der Waals surface area contributed by atoms with E-state index in [2.05, 4.69) is 68.6 Å². The molecule has 0 aliphatic rings. The van der Waals surface area contributed by atoms with Gasteiger partial charge in [0, 0.05) is 0 Å². The predicted molar refractivity (Wildman–Crippen MR) is 73.5 cm³/mol. The van der Waals surface area contributed by atoms with Crippen LogP contribution in [0.5, 0.6) is 0 Å². The summed E-state index contributed by atoms with van der Waals surface area (Å²) in [5.41, 5.74) is 2.65.